The minimum atomic E-state index is -0.621. The quantitative estimate of drug-likeness (QED) is 0.593. The van der Waals surface area contributed by atoms with Crippen LogP contribution in [0.3, 0.4) is 0 Å². The lowest BCUT2D eigenvalue weighted by molar-refractivity contribution is -0.385. The highest BCUT2D eigenvalue weighted by Gasteiger charge is 2.24. The van der Waals surface area contributed by atoms with Gasteiger partial charge < -0.3 is 4.90 Å². The normalized spacial score (nSPS) is 12.2. The third-order valence-electron chi connectivity index (χ3n) is 4.00. The van der Waals surface area contributed by atoms with Crippen molar-refractivity contribution in [2.75, 3.05) is 7.05 Å². The van der Waals surface area contributed by atoms with E-state index in [1.54, 1.807) is 25.8 Å². The summed E-state index contributed by atoms with van der Waals surface area (Å²) in [5.41, 5.74) is 2.07. The summed E-state index contributed by atoms with van der Waals surface area (Å²) in [7, 11) is 1.70. The zero-order chi connectivity index (χ0) is 18.0. The molecular formula is C15H22N6O3. The highest BCUT2D eigenvalue weighted by molar-refractivity contribution is 5.79. The predicted molar refractivity (Wildman–Crippen MR) is 87.4 cm³/mol. The molecule has 0 fully saturated rings. The molecule has 0 N–H and O–H groups in total. The van der Waals surface area contributed by atoms with Gasteiger partial charge in [-0.2, -0.15) is 10.2 Å². The molecule has 2 heterocycles. The fourth-order valence-electron chi connectivity index (χ4n) is 2.49. The van der Waals surface area contributed by atoms with Crippen molar-refractivity contribution in [1.82, 2.24) is 24.5 Å². The Hall–Kier alpha value is -2.71. The second-order valence-electron chi connectivity index (χ2n) is 5.80. The first kappa shape index (κ1) is 17.6. The lowest BCUT2D eigenvalue weighted by Gasteiger charge is -2.21. The van der Waals surface area contributed by atoms with Crippen LogP contribution in [0.15, 0.2) is 12.4 Å². The van der Waals surface area contributed by atoms with Gasteiger partial charge in [-0.3, -0.25) is 24.3 Å². The fourth-order valence-corrected chi connectivity index (χ4v) is 2.49. The molecule has 0 radical (unpaired) electrons. The van der Waals surface area contributed by atoms with E-state index in [4.69, 9.17) is 0 Å². The number of rotatable bonds is 6. The Balaban J connectivity index is 2.13. The largest absolute Gasteiger partial charge is 0.339 e. The number of carbonyl (C=O) groups is 1. The van der Waals surface area contributed by atoms with E-state index in [2.05, 4.69) is 10.2 Å². The van der Waals surface area contributed by atoms with E-state index in [1.165, 1.54) is 10.9 Å². The number of nitro groups is 1. The number of hydrogen-bond acceptors (Lipinski definition) is 5. The average Bonchev–Trinajstić information content (AvgIpc) is 3.09. The van der Waals surface area contributed by atoms with Crippen molar-refractivity contribution in [3.8, 4) is 0 Å². The molecule has 1 atom stereocenters. The van der Waals surface area contributed by atoms with E-state index in [9.17, 15) is 14.9 Å². The molecule has 1 amide bonds. The van der Waals surface area contributed by atoms with E-state index < -0.39 is 11.0 Å². The summed E-state index contributed by atoms with van der Waals surface area (Å²) in [6.07, 6.45) is 3.22. The van der Waals surface area contributed by atoms with Crippen molar-refractivity contribution in [2.24, 2.45) is 0 Å². The van der Waals surface area contributed by atoms with E-state index >= 15 is 0 Å². The molecule has 0 spiro atoms. The summed E-state index contributed by atoms with van der Waals surface area (Å²) in [6.45, 7) is 8.33. The van der Waals surface area contributed by atoms with Crippen LogP contribution < -0.4 is 0 Å². The number of hydrogen-bond donors (Lipinski definition) is 0. The molecule has 0 saturated carbocycles. The molecule has 0 aliphatic rings. The topological polar surface area (TPSA) is 99.1 Å². The van der Waals surface area contributed by atoms with Crippen molar-refractivity contribution in [3.05, 3.63) is 39.5 Å². The van der Waals surface area contributed by atoms with Crippen LogP contribution in [0.5, 0.6) is 0 Å². The number of amides is 1. The van der Waals surface area contributed by atoms with E-state index in [0.717, 1.165) is 17.8 Å². The maximum Gasteiger partial charge on any atom is 0.309 e. The van der Waals surface area contributed by atoms with Crippen LogP contribution in [0.2, 0.25) is 0 Å². The Morgan fingerprint density at radius 3 is 2.50 bits per heavy atom. The monoisotopic (exact) mass is 334 g/mol. The highest BCUT2D eigenvalue weighted by atomic mass is 16.6. The molecule has 0 aliphatic carbocycles. The molecule has 0 aromatic carbocycles. The Bertz CT molecular complexity index is 763. The maximum absolute atomic E-state index is 12.6. The number of aromatic nitrogens is 4. The summed E-state index contributed by atoms with van der Waals surface area (Å²) in [6, 6.07) is -0.621. The Kier molecular flexibility index (Phi) is 5.01. The minimum absolute atomic E-state index is 0.0858. The van der Waals surface area contributed by atoms with Gasteiger partial charge in [-0.15, -0.1) is 0 Å². The number of nitrogens with zero attached hydrogens (tertiary/aromatic N) is 6. The Morgan fingerprint density at radius 2 is 2.00 bits per heavy atom. The van der Waals surface area contributed by atoms with Crippen molar-refractivity contribution in [3.63, 3.8) is 0 Å². The lowest BCUT2D eigenvalue weighted by atomic mass is 10.2. The molecule has 0 aliphatic heterocycles. The third kappa shape index (κ3) is 3.44. The van der Waals surface area contributed by atoms with Gasteiger partial charge in [0.1, 0.15) is 17.9 Å². The molecule has 0 saturated heterocycles. The molecule has 2 aromatic rings. The molecule has 9 nitrogen and oxygen atoms in total. The zero-order valence-electron chi connectivity index (χ0n) is 14.6. The van der Waals surface area contributed by atoms with Gasteiger partial charge in [-0.1, -0.05) is 0 Å². The number of aryl methyl sites for hydroxylation is 3. The van der Waals surface area contributed by atoms with Crippen LogP contribution in [0, 0.1) is 24.0 Å². The summed E-state index contributed by atoms with van der Waals surface area (Å²) >= 11 is 0. The van der Waals surface area contributed by atoms with Gasteiger partial charge in [0.25, 0.3) is 0 Å². The standard InChI is InChI=1S/C15H22N6O3/c1-6-19-8-13(10(2)16-19)7-18(5)15(22)12(4)20-9-14(21(23)24)11(3)17-20/h8-9,12H,6-7H2,1-5H3/t12-/m1/s1. The van der Waals surface area contributed by atoms with Gasteiger partial charge in [-0.05, 0) is 27.7 Å². The molecule has 0 unspecified atom stereocenters. The summed E-state index contributed by atoms with van der Waals surface area (Å²) in [4.78, 5) is 24.6. The predicted octanol–water partition coefficient (Wildman–Crippen LogP) is 1.84. The number of likely N-dealkylation sites (N-methyl/N-ethyl adjacent to an activating group) is 1. The molecule has 0 bridgehead atoms. The van der Waals surface area contributed by atoms with E-state index in [-0.39, 0.29) is 11.6 Å². The second kappa shape index (κ2) is 6.81. The third-order valence-corrected chi connectivity index (χ3v) is 4.00. The van der Waals surface area contributed by atoms with Crippen LogP contribution in [-0.4, -0.2) is 42.3 Å². The minimum Gasteiger partial charge on any atom is -0.339 e. The van der Waals surface area contributed by atoms with Gasteiger partial charge >= 0.3 is 5.69 Å². The maximum atomic E-state index is 12.6. The van der Waals surface area contributed by atoms with Crippen molar-refractivity contribution >= 4 is 11.6 Å². The van der Waals surface area contributed by atoms with Gasteiger partial charge in [0.05, 0.1) is 10.6 Å². The molecule has 24 heavy (non-hydrogen) atoms. The van der Waals surface area contributed by atoms with Crippen molar-refractivity contribution in [2.45, 2.75) is 46.8 Å². The van der Waals surface area contributed by atoms with Gasteiger partial charge in [0.15, 0.2) is 0 Å². The summed E-state index contributed by atoms with van der Waals surface area (Å²) in [5.74, 6) is -0.170. The summed E-state index contributed by atoms with van der Waals surface area (Å²) in [5, 5.41) is 19.4. The van der Waals surface area contributed by atoms with Crippen molar-refractivity contribution < 1.29 is 9.72 Å². The first-order valence-electron chi connectivity index (χ1n) is 7.72. The second-order valence-corrected chi connectivity index (χ2v) is 5.80. The lowest BCUT2D eigenvalue weighted by Crippen LogP contribution is -2.33. The first-order valence-corrected chi connectivity index (χ1v) is 7.72. The van der Waals surface area contributed by atoms with Gasteiger partial charge in [0, 0.05) is 31.9 Å². The van der Waals surface area contributed by atoms with Crippen LogP contribution in [-0.2, 0) is 17.9 Å². The van der Waals surface area contributed by atoms with Gasteiger partial charge in [-0.25, -0.2) is 0 Å². The summed E-state index contributed by atoms with van der Waals surface area (Å²) < 4.78 is 3.17. The highest BCUT2D eigenvalue weighted by Crippen LogP contribution is 2.20. The van der Waals surface area contributed by atoms with Crippen LogP contribution in [0.1, 0.15) is 36.8 Å². The van der Waals surface area contributed by atoms with Gasteiger partial charge in [0.2, 0.25) is 5.91 Å². The molecule has 130 valence electrons. The first-order chi connectivity index (χ1) is 11.2. The van der Waals surface area contributed by atoms with Crippen LogP contribution in [0.4, 0.5) is 5.69 Å². The molecule has 2 rings (SSSR count). The van der Waals surface area contributed by atoms with Crippen molar-refractivity contribution in [1.29, 1.82) is 0 Å². The molecular weight excluding hydrogens is 312 g/mol. The van der Waals surface area contributed by atoms with Crippen LogP contribution >= 0.6 is 0 Å². The van der Waals surface area contributed by atoms with Crippen LogP contribution in [0.25, 0.3) is 0 Å². The smallest absolute Gasteiger partial charge is 0.309 e. The Morgan fingerprint density at radius 1 is 1.33 bits per heavy atom. The van der Waals surface area contributed by atoms with E-state index in [0.29, 0.717) is 12.2 Å². The SMILES string of the molecule is CCn1cc(CN(C)C(=O)[C@@H](C)n2cc([N+](=O)[O-])c(C)n2)c(C)n1. The molecule has 9 heteroatoms. The van der Waals surface area contributed by atoms with E-state index in [1.807, 2.05) is 24.7 Å². The Labute approximate surface area is 140 Å². The molecule has 2 aromatic heterocycles. The fraction of sp³-hybridized carbons (Fsp3) is 0.533. The average molecular weight is 334 g/mol. The number of carbonyl (C=O) groups excluding carboxylic acids is 1. The zero-order valence-corrected chi connectivity index (χ0v) is 14.6.